The van der Waals surface area contributed by atoms with Crippen LogP contribution in [0.2, 0.25) is 0 Å². The molecule has 0 bridgehead atoms. The molecule has 4 heterocycles. The highest BCUT2D eigenvalue weighted by Crippen LogP contribution is 2.33. The lowest BCUT2D eigenvalue weighted by atomic mass is 10.1. The second kappa shape index (κ2) is 8.80. The van der Waals surface area contributed by atoms with Gasteiger partial charge in [-0.3, -0.25) is 14.8 Å². The molecular formula is C25H24N4O3. The van der Waals surface area contributed by atoms with Gasteiger partial charge < -0.3 is 19.4 Å². The van der Waals surface area contributed by atoms with Crippen molar-refractivity contribution in [2.45, 2.75) is 26.0 Å². The number of carbonyl (C=O) groups excluding carboxylic acids is 1. The summed E-state index contributed by atoms with van der Waals surface area (Å²) in [6.45, 7) is 1.74. The fourth-order valence-electron chi connectivity index (χ4n) is 3.99. The van der Waals surface area contributed by atoms with Gasteiger partial charge in [0.25, 0.3) is 0 Å². The summed E-state index contributed by atoms with van der Waals surface area (Å²) in [4.78, 5) is 26.4. The fourth-order valence-corrected chi connectivity index (χ4v) is 3.99. The molecular weight excluding hydrogens is 404 g/mol. The number of fused-ring (bicyclic) bond motifs is 1. The number of benzene rings is 1. The van der Waals surface area contributed by atoms with E-state index in [9.17, 15) is 4.79 Å². The van der Waals surface area contributed by atoms with E-state index in [0.717, 1.165) is 46.5 Å². The molecule has 0 saturated carbocycles. The highest BCUT2D eigenvalue weighted by Gasteiger charge is 2.22. The third kappa shape index (κ3) is 4.20. The number of methoxy groups -OCH3 is 1. The maximum Gasteiger partial charge on any atom is 0.222 e. The van der Waals surface area contributed by atoms with Crippen LogP contribution in [0.25, 0.3) is 22.3 Å². The largest absolute Gasteiger partial charge is 0.455 e. The van der Waals surface area contributed by atoms with E-state index in [-0.39, 0.29) is 5.91 Å². The Morgan fingerprint density at radius 2 is 2.06 bits per heavy atom. The first-order valence-corrected chi connectivity index (χ1v) is 10.7. The third-order valence-corrected chi connectivity index (χ3v) is 5.59. The van der Waals surface area contributed by atoms with Crippen molar-refractivity contribution in [2.75, 3.05) is 13.7 Å². The molecule has 162 valence electrons. The number of hydrogen-bond donors (Lipinski definition) is 1. The fraction of sp³-hybridized carbons (Fsp3) is 0.240. The lowest BCUT2D eigenvalue weighted by Crippen LogP contribution is -2.24. The molecule has 0 unspecified atom stereocenters. The summed E-state index contributed by atoms with van der Waals surface area (Å²) in [5, 5.41) is 1.01. The van der Waals surface area contributed by atoms with E-state index in [1.54, 1.807) is 19.5 Å². The maximum atomic E-state index is 12.2. The van der Waals surface area contributed by atoms with Crippen LogP contribution in [-0.2, 0) is 22.7 Å². The summed E-state index contributed by atoms with van der Waals surface area (Å²) in [5.74, 6) is 1.53. The third-order valence-electron chi connectivity index (χ3n) is 5.59. The minimum Gasteiger partial charge on any atom is -0.455 e. The minimum absolute atomic E-state index is 0.183. The van der Waals surface area contributed by atoms with Crippen LogP contribution in [0.4, 0.5) is 0 Å². The average Bonchev–Trinajstić information content (AvgIpc) is 3.42. The van der Waals surface area contributed by atoms with Crippen molar-refractivity contribution in [3.63, 3.8) is 0 Å². The Morgan fingerprint density at radius 1 is 1.12 bits per heavy atom. The van der Waals surface area contributed by atoms with Crippen LogP contribution in [0.3, 0.4) is 0 Å². The molecule has 4 aromatic rings. The molecule has 0 atom stereocenters. The number of ether oxygens (including phenoxy) is 2. The van der Waals surface area contributed by atoms with Gasteiger partial charge in [0, 0.05) is 49.3 Å². The predicted octanol–water partition coefficient (Wildman–Crippen LogP) is 4.69. The first kappa shape index (κ1) is 20.2. The van der Waals surface area contributed by atoms with Gasteiger partial charge in [0.15, 0.2) is 0 Å². The first-order valence-electron chi connectivity index (χ1n) is 10.7. The summed E-state index contributed by atoms with van der Waals surface area (Å²) in [5.41, 5.74) is 4.58. The molecule has 1 aliphatic heterocycles. The van der Waals surface area contributed by atoms with Crippen molar-refractivity contribution in [3.8, 4) is 22.9 Å². The highest BCUT2D eigenvalue weighted by molar-refractivity contribution is 5.87. The quantitative estimate of drug-likeness (QED) is 0.462. The number of likely N-dealkylation sites (tertiary alicyclic amines) is 1. The van der Waals surface area contributed by atoms with Crippen molar-refractivity contribution in [1.29, 1.82) is 0 Å². The number of nitrogens with one attached hydrogen (secondary N) is 1. The SMILES string of the molecule is COCc1ccc(Oc2cc3cc(-c4ccccn4)[nH]c3cc2CN2CCCC2=O)cn1. The average molecular weight is 428 g/mol. The van der Waals surface area contributed by atoms with E-state index in [1.807, 2.05) is 41.3 Å². The highest BCUT2D eigenvalue weighted by atomic mass is 16.5. The van der Waals surface area contributed by atoms with Gasteiger partial charge in [-0.1, -0.05) is 6.07 Å². The van der Waals surface area contributed by atoms with E-state index in [2.05, 4.69) is 27.1 Å². The second-order valence-electron chi connectivity index (χ2n) is 7.88. The van der Waals surface area contributed by atoms with Gasteiger partial charge in [0.05, 0.1) is 29.9 Å². The molecule has 1 fully saturated rings. The Morgan fingerprint density at radius 3 is 2.78 bits per heavy atom. The molecule has 32 heavy (non-hydrogen) atoms. The van der Waals surface area contributed by atoms with Gasteiger partial charge in [-0.15, -0.1) is 0 Å². The van der Waals surface area contributed by atoms with E-state index in [0.29, 0.717) is 31.1 Å². The van der Waals surface area contributed by atoms with Gasteiger partial charge in [-0.05, 0) is 48.9 Å². The van der Waals surface area contributed by atoms with Crippen LogP contribution in [0, 0.1) is 0 Å². The van der Waals surface area contributed by atoms with Gasteiger partial charge in [-0.2, -0.15) is 0 Å². The van der Waals surface area contributed by atoms with E-state index in [4.69, 9.17) is 9.47 Å². The van der Waals surface area contributed by atoms with Crippen molar-refractivity contribution in [2.24, 2.45) is 0 Å². The van der Waals surface area contributed by atoms with E-state index < -0.39 is 0 Å². The molecule has 0 spiro atoms. The predicted molar refractivity (Wildman–Crippen MR) is 121 cm³/mol. The molecule has 0 radical (unpaired) electrons. The number of aromatic nitrogens is 3. The van der Waals surface area contributed by atoms with E-state index in [1.165, 1.54) is 0 Å². The van der Waals surface area contributed by atoms with Crippen LogP contribution >= 0.6 is 0 Å². The number of pyridine rings is 2. The lowest BCUT2D eigenvalue weighted by Gasteiger charge is -2.18. The molecule has 1 amide bonds. The summed E-state index contributed by atoms with van der Waals surface area (Å²) in [6.07, 6.45) is 4.98. The minimum atomic E-state index is 0.183. The molecule has 1 N–H and O–H groups in total. The van der Waals surface area contributed by atoms with Gasteiger partial charge in [-0.25, -0.2) is 0 Å². The van der Waals surface area contributed by atoms with Crippen LogP contribution in [0.15, 0.2) is 60.9 Å². The molecule has 0 aliphatic carbocycles. The Kier molecular flexibility index (Phi) is 5.56. The zero-order valence-corrected chi connectivity index (χ0v) is 17.9. The van der Waals surface area contributed by atoms with Gasteiger partial charge in [0.2, 0.25) is 5.91 Å². The van der Waals surface area contributed by atoms with Crippen molar-refractivity contribution in [1.82, 2.24) is 19.9 Å². The molecule has 1 saturated heterocycles. The van der Waals surface area contributed by atoms with Crippen molar-refractivity contribution < 1.29 is 14.3 Å². The van der Waals surface area contributed by atoms with Crippen LogP contribution in [0.5, 0.6) is 11.5 Å². The normalized spacial score (nSPS) is 13.8. The number of carbonyl (C=O) groups is 1. The summed E-state index contributed by atoms with van der Waals surface area (Å²) in [7, 11) is 1.64. The zero-order valence-electron chi connectivity index (χ0n) is 17.9. The monoisotopic (exact) mass is 428 g/mol. The number of H-pyrrole nitrogens is 1. The van der Waals surface area contributed by atoms with E-state index >= 15 is 0 Å². The Hall–Kier alpha value is -3.71. The molecule has 1 aliphatic rings. The van der Waals surface area contributed by atoms with Crippen LogP contribution in [0.1, 0.15) is 24.1 Å². The topological polar surface area (TPSA) is 80.3 Å². The van der Waals surface area contributed by atoms with Crippen molar-refractivity contribution in [3.05, 3.63) is 72.2 Å². The first-order chi connectivity index (χ1) is 15.7. The number of hydrogen-bond acceptors (Lipinski definition) is 5. The molecule has 3 aromatic heterocycles. The smallest absolute Gasteiger partial charge is 0.222 e. The lowest BCUT2D eigenvalue weighted by molar-refractivity contribution is -0.128. The molecule has 1 aromatic carbocycles. The zero-order chi connectivity index (χ0) is 21.9. The number of amides is 1. The van der Waals surface area contributed by atoms with Gasteiger partial charge in [0.1, 0.15) is 11.5 Å². The Labute approximate surface area is 186 Å². The molecule has 7 nitrogen and oxygen atoms in total. The second-order valence-corrected chi connectivity index (χ2v) is 7.88. The van der Waals surface area contributed by atoms with Crippen LogP contribution < -0.4 is 4.74 Å². The standard InChI is InChI=1S/C25H24N4O3/c1-31-16-19-7-8-20(14-27-19)32-24-13-17-11-23(21-5-2-3-9-26-21)28-22(17)12-18(24)15-29-10-4-6-25(29)30/h2-3,5,7-9,11-14,28H,4,6,10,15-16H2,1H3. The molecule has 7 heteroatoms. The number of nitrogens with zero attached hydrogens (tertiary/aromatic N) is 3. The number of rotatable bonds is 7. The summed E-state index contributed by atoms with van der Waals surface area (Å²) >= 11 is 0. The van der Waals surface area contributed by atoms with Crippen molar-refractivity contribution >= 4 is 16.8 Å². The molecule has 5 rings (SSSR count). The summed E-state index contributed by atoms with van der Waals surface area (Å²) in [6, 6.07) is 15.7. The maximum absolute atomic E-state index is 12.2. The Balaban J connectivity index is 1.51. The van der Waals surface area contributed by atoms with Gasteiger partial charge >= 0.3 is 0 Å². The van der Waals surface area contributed by atoms with Crippen LogP contribution in [-0.4, -0.2) is 39.4 Å². The summed E-state index contributed by atoms with van der Waals surface area (Å²) < 4.78 is 11.4. The number of aromatic amines is 1. The Bertz CT molecular complexity index is 1240.